The molecule has 1 nitrogen and oxygen atoms in total. The standard InChI is InChI=1S/C6H9BrO/c1-8-6-4-2-3-5(6)7/h3,6H,2,4H2,1H3. The third kappa shape index (κ3) is 1.12. The van der Waals surface area contributed by atoms with Gasteiger partial charge in [0.05, 0.1) is 6.10 Å². The Kier molecular flexibility index (Phi) is 2.08. The quantitative estimate of drug-likeness (QED) is 0.595. The number of ether oxygens (including phenoxy) is 1. The first-order valence-electron chi connectivity index (χ1n) is 2.73. The summed E-state index contributed by atoms with van der Waals surface area (Å²) in [7, 11) is 1.74. The minimum Gasteiger partial charge on any atom is -0.376 e. The summed E-state index contributed by atoms with van der Waals surface area (Å²) in [5.41, 5.74) is 0. The maximum absolute atomic E-state index is 5.11. The van der Waals surface area contributed by atoms with E-state index >= 15 is 0 Å². The summed E-state index contributed by atoms with van der Waals surface area (Å²) < 4.78 is 6.32. The van der Waals surface area contributed by atoms with Crippen molar-refractivity contribution in [1.82, 2.24) is 0 Å². The van der Waals surface area contributed by atoms with Gasteiger partial charge in [-0.1, -0.05) is 22.0 Å². The van der Waals surface area contributed by atoms with Crippen molar-refractivity contribution in [2.45, 2.75) is 18.9 Å². The molecule has 1 rings (SSSR count). The molecule has 0 aliphatic heterocycles. The van der Waals surface area contributed by atoms with Crippen LogP contribution in [0, 0.1) is 0 Å². The first-order valence-corrected chi connectivity index (χ1v) is 3.52. The molecular weight excluding hydrogens is 168 g/mol. The Hall–Kier alpha value is 0.180. The van der Waals surface area contributed by atoms with Gasteiger partial charge in [0, 0.05) is 11.6 Å². The van der Waals surface area contributed by atoms with E-state index in [0.29, 0.717) is 6.10 Å². The molecule has 0 bridgehead atoms. The fraction of sp³-hybridized carbons (Fsp3) is 0.667. The van der Waals surface area contributed by atoms with Gasteiger partial charge in [0.25, 0.3) is 0 Å². The smallest absolute Gasteiger partial charge is 0.0885 e. The molecule has 0 amide bonds. The fourth-order valence-electron chi connectivity index (χ4n) is 0.872. The Balaban J connectivity index is 2.46. The Bertz CT molecular complexity index is 109. The van der Waals surface area contributed by atoms with Crippen LogP contribution in [0.4, 0.5) is 0 Å². The summed E-state index contributed by atoms with van der Waals surface area (Å²) in [5.74, 6) is 0. The van der Waals surface area contributed by atoms with Gasteiger partial charge >= 0.3 is 0 Å². The molecule has 0 fully saturated rings. The largest absolute Gasteiger partial charge is 0.376 e. The van der Waals surface area contributed by atoms with E-state index in [9.17, 15) is 0 Å². The van der Waals surface area contributed by atoms with Crippen LogP contribution >= 0.6 is 15.9 Å². The van der Waals surface area contributed by atoms with Gasteiger partial charge in [-0.25, -0.2) is 0 Å². The predicted octanol–water partition coefficient (Wildman–Crippen LogP) is 2.07. The summed E-state index contributed by atoms with van der Waals surface area (Å²) in [6.07, 6.45) is 4.79. The molecule has 8 heavy (non-hydrogen) atoms. The highest BCUT2D eigenvalue weighted by molar-refractivity contribution is 9.11. The van der Waals surface area contributed by atoms with Gasteiger partial charge in [-0.05, 0) is 12.8 Å². The molecule has 1 atom stereocenters. The van der Waals surface area contributed by atoms with Crippen LogP contribution in [0.3, 0.4) is 0 Å². The molecule has 0 heterocycles. The monoisotopic (exact) mass is 176 g/mol. The van der Waals surface area contributed by atoms with Crippen molar-refractivity contribution in [3.05, 3.63) is 10.6 Å². The zero-order chi connectivity index (χ0) is 5.98. The van der Waals surface area contributed by atoms with Gasteiger partial charge in [0.2, 0.25) is 0 Å². The molecule has 1 aliphatic carbocycles. The van der Waals surface area contributed by atoms with Crippen LogP contribution in [-0.4, -0.2) is 13.2 Å². The molecule has 0 aromatic carbocycles. The van der Waals surface area contributed by atoms with Gasteiger partial charge < -0.3 is 4.74 Å². The number of hydrogen-bond acceptors (Lipinski definition) is 1. The normalized spacial score (nSPS) is 28.2. The third-order valence-electron chi connectivity index (χ3n) is 1.36. The van der Waals surface area contributed by atoms with E-state index in [1.807, 2.05) is 0 Å². The highest BCUT2D eigenvalue weighted by Gasteiger charge is 2.14. The van der Waals surface area contributed by atoms with E-state index in [1.165, 1.54) is 4.48 Å². The van der Waals surface area contributed by atoms with Gasteiger partial charge in [-0.2, -0.15) is 0 Å². The molecule has 0 saturated carbocycles. The predicted molar refractivity (Wildman–Crippen MR) is 37.0 cm³/mol. The summed E-state index contributed by atoms with van der Waals surface area (Å²) in [5, 5.41) is 0. The van der Waals surface area contributed by atoms with Crippen molar-refractivity contribution >= 4 is 15.9 Å². The number of halogens is 1. The Morgan fingerprint density at radius 1 is 1.88 bits per heavy atom. The summed E-state index contributed by atoms with van der Waals surface area (Å²) in [4.78, 5) is 0. The van der Waals surface area contributed by atoms with Crippen molar-refractivity contribution in [3.8, 4) is 0 Å². The van der Waals surface area contributed by atoms with Crippen molar-refractivity contribution in [1.29, 1.82) is 0 Å². The Labute approximate surface area is 57.8 Å². The van der Waals surface area contributed by atoms with Gasteiger partial charge in [-0.3, -0.25) is 0 Å². The van der Waals surface area contributed by atoms with Gasteiger partial charge in [0.15, 0.2) is 0 Å². The molecule has 0 aromatic rings. The molecule has 1 unspecified atom stereocenters. The number of rotatable bonds is 1. The summed E-state index contributed by atoms with van der Waals surface area (Å²) in [6.45, 7) is 0. The van der Waals surface area contributed by atoms with E-state index in [0.717, 1.165) is 12.8 Å². The molecule has 0 N–H and O–H groups in total. The molecule has 0 radical (unpaired) electrons. The van der Waals surface area contributed by atoms with E-state index in [1.54, 1.807) is 7.11 Å². The van der Waals surface area contributed by atoms with Crippen LogP contribution in [-0.2, 0) is 4.74 Å². The first kappa shape index (κ1) is 6.30. The van der Waals surface area contributed by atoms with Crippen LogP contribution in [0.25, 0.3) is 0 Å². The zero-order valence-corrected chi connectivity index (χ0v) is 6.44. The molecule has 46 valence electrons. The second kappa shape index (κ2) is 2.65. The van der Waals surface area contributed by atoms with Gasteiger partial charge in [0.1, 0.15) is 0 Å². The lowest BCUT2D eigenvalue weighted by Crippen LogP contribution is -2.04. The highest BCUT2D eigenvalue weighted by Crippen LogP contribution is 2.25. The topological polar surface area (TPSA) is 9.23 Å². The van der Waals surface area contributed by atoms with E-state index in [4.69, 9.17) is 4.74 Å². The third-order valence-corrected chi connectivity index (χ3v) is 2.19. The maximum Gasteiger partial charge on any atom is 0.0885 e. The van der Waals surface area contributed by atoms with Crippen LogP contribution in [0.5, 0.6) is 0 Å². The van der Waals surface area contributed by atoms with E-state index < -0.39 is 0 Å². The number of allylic oxidation sites excluding steroid dienone is 1. The Morgan fingerprint density at radius 2 is 2.62 bits per heavy atom. The Morgan fingerprint density at radius 3 is 2.88 bits per heavy atom. The molecule has 0 aromatic heterocycles. The number of methoxy groups -OCH3 is 1. The van der Waals surface area contributed by atoms with Crippen molar-refractivity contribution in [2.75, 3.05) is 7.11 Å². The minimum atomic E-state index is 0.343. The lowest BCUT2D eigenvalue weighted by molar-refractivity contribution is 0.139. The zero-order valence-electron chi connectivity index (χ0n) is 4.86. The second-order valence-corrected chi connectivity index (χ2v) is 2.81. The molecule has 1 aliphatic rings. The fourth-order valence-corrected chi connectivity index (χ4v) is 1.52. The summed E-state index contributed by atoms with van der Waals surface area (Å²) in [6, 6.07) is 0. The van der Waals surface area contributed by atoms with Crippen molar-refractivity contribution < 1.29 is 4.74 Å². The van der Waals surface area contributed by atoms with Gasteiger partial charge in [-0.15, -0.1) is 0 Å². The van der Waals surface area contributed by atoms with Crippen LogP contribution in [0.15, 0.2) is 10.6 Å². The number of hydrogen-bond donors (Lipinski definition) is 0. The molecule has 2 heteroatoms. The average molecular weight is 177 g/mol. The highest BCUT2D eigenvalue weighted by atomic mass is 79.9. The van der Waals surface area contributed by atoms with Crippen LogP contribution in [0.2, 0.25) is 0 Å². The molecular formula is C6H9BrO. The minimum absolute atomic E-state index is 0.343. The first-order chi connectivity index (χ1) is 3.84. The van der Waals surface area contributed by atoms with Crippen molar-refractivity contribution in [2.24, 2.45) is 0 Å². The van der Waals surface area contributed by atoms with E-state index in [-0.39, 0.29) is 0 Å². The lowest BCUT2D eigenvalue weighted by Gasteiger charge is -2.05. The van der Waals surface area contributed by atoms with Crippen LogP contribution < -0.4 is 0 Å². The molecule has 0 spiro atoms. The average Bonchev–Trinajstić information content (AvgIpc) is 2.14. The van der Waals surface area contributed by atoms with E-state index in [2.05, 4.69) is 22.0 Å². The lowest BCUT2D eigenvalue weighted by atomic mass is 10.3. The maximum atomic E-state index is 5.11. The molecule has 0 saturated heterocycles. The summed E-state index contributed by atoms with van der Waals surface area (Å²) >= 11 is 3.40. The van der Waals surface area contributed by atoms with Crippen molar-refractivity contribution in [3.63, 3.8) is 0 Å². The second-order valence-electron chi connectivity index (χ2n) is 1.89. The van der Waals surface area contributed by atoms with Crippen LogP contribution in [0.1, 0.15) is 12.8 Å². The SMILES string of the molecule is COC1CCC=C1Br.